The highest BCUT2D eigenvalue weighted by molar-refractivity contribution is 6.45. The van der Waals surface area contributed by atoms with Crippen molar-refractivity contribution in [2.24, 2.45) is 4.99 Å². The zero-order valence-electron chi connectivity index (χ0n) is 8.45. The number of guanidine groups is 1. The second-order valence-electron chi connectivity index (χ2n) is 3.75. The number of nitrogens with zero attached hydrogens (tertiary/aromatic N) is 1. The first-order chi connectivity index (χ1) is 7.15. The van der Waals surface area contributed by atoms with Gasteiger partial charge in [0.15, 0.2) is 0 Å². The van der Waals surface area contributed by atoms with Crippen molar-refractivity contribution in [1.29, 1.82) is 0 Å². The van der Waals surface area contributed by atoms with E-state index >= 15 is 0 Å². The summed E-state index contributed by atoms with van der Waals surface area (Å²) in [5.74, 6) is -1.02. The molecule has 2 aliphatic rings. The summed E-state index contributed by atoms with van der Waals surface area (Å²) in [6, 6.07) is 0.113. The molecule has 0 saturated carbocycles. The van der Waals surface area contributed by atoms with Crippen molar-refractivity contribution in [2.45, 2.75) is 31.9 Å². The molecule has 2 rings (SSSR count). The Balaban J connectivity index is 1.98. The summed E-state index contributed by atoms with van der Waals surface area (Å²) in [5, 5.41) is 4.75. The molecule has 6 nitrogen and oxygen atoms in total. The molecule has 2 saturated heterocycles. The number of hydrogen-bond donors (Lipinski definition) is 2. The van der Waals surface area contributed by atoms with E-state index in [0.29, 0.717) is 6.61 Å². The molecular weight excluding hydrogens is 198 g/mol. The van der Waals surface area contributed by atoms with Gasteiger partial charge < -0.3 is 4.74 Å². The fourth-order valence-electron chi connectivity index (χ4n) is 1.70. The molecule has 2 N–H and O–H groups in total. The lowest BCUT2D eigenvalue weighted by Crippen LogP contribution is -2.32. The minimum absolute atomic E-state index is 0.113. The molecule has 15 heavy (non-hydrogen) atoms. The first-order valence-corrected chi connectivity index (χ1v) is 4.97. The molecule has 2 aliphatic heterocycles. The van der Waals surface area contributed by atoms with E-state index in [-0.39, 0.29) is 18.1 Å². The molecule has 6 heteroatoms. The van der Waals surface area contributed by atoms with Crippen molar-refractivity contribution in [3.05, 3.63) is 0 Å². The molecule has 0 aromatic heterocycles. The molecular formula is C9H13N3O3. The van der Waals surface area contributed by atoms with E-state index in [2.05, 4.69) is 15.6 Å². The molecule has 0 aromatic carbocycles. The number of ether oxygens (including phenoxy) is 1. The second-order valence-corrected chi connectivity index (χ2v) is 3.75. The van der Waals surface area contributed by atoms with Gasteiger partial charge in [0.2, 0.25) is 5.96 Å². The van der Waals surface area contributed by atoms with Crippen LogP contribution in [0.4, 0.5) is 0 Å². The maximum Gasteiger partial charge on any atom is 0.316 e. The van der Waals surface area contributed by atoms with E-state index in [1.54, 1.807) is 0 Å². The van der Waals surface area contributed by atoms with Gasteiger partial charge >= 0.3 is 11.8 Å². The van der Waals surface area contributed by atoms with Crippen LogP contribution in [0, 0.1) is 0 Å². The predicted molar refractivity (Wildman–Crippen MR) is 52.2 cm³/mol. The van der Waals surface area contributed by atoms with Gasteiger partial charge in [-0.05, 0) is 19.8 Å². The lowest BCUT2D eigenvalue weighted by molar-refractivity contribution is -0.135. The molecule has 0 bridgehead atoms. The summed E-state index contributed by atoms with van der Waals surface area (Å²) in [7, 11) is 0. The normalized spacial score (nSPS) is 31.1. The zero-order valence-corrected chi connectivity index (χ0v) is 8.45. The van der Waals surface area contributed by atoms with E-state index in [9.17, 15) is 9.59 Å². The van der Waals surface area contributed by atoms with Crippen LogP contribution in [0.5, 0.6) is 0 Å². The monoisotopic (exact) mass is 211 g/mol. The molecule has 0 radical (unpaired) electrons. The van der Waals surface area contributed by atoms with Crippen LogP contribution >= 0.6 is 0 Å². The van der Waals surface area contributed by atoms with Crippen molar-refractivity contribution in [1.82, 2.24) is 10.6 Å². The molecule has 2 unspecified atom stereocenters. The highest BCUT2D eigenvalue weighted by Crippen LogP contribution is 2.16. The van der Waals surface area contributed by atoms with Gasteiger partial charge in [-0.3, -0.25) is 20.2 Å². The van der Waals surface area contributed by atoms with Crippen molar-refractivity contribution in [3.63, 3.8) is 0 Å². The highest BCUT2D eigenvalue weighted by Gasteiger charge is 2.27. The SMILES string of the molecule is CC1CC(N=C2NC(=O)C(=O)N2)CCO1. The topological polar surface area (TPSA) is 79.8 Å². The predicted octanol–water partition coefficient (Wildman–Crippen LogP) is -0.844. The molecule has 2 heterocycles. The van der Waals surface area contributed by atoms with Crippen LogP contribution in [-0.4, -0.2) is 36.5 Å². The fraction of sp³-hybridized carbons (Fsp3) is 0.667. The highest BCUT2D eigenvalue weighted by atomic mass is 16.5. The van der Waals surface area contributed by atoms with Crippen LogP contribution in [0.15, 0.2) is 4.99 Å². The first kappa shape index (κ1) is 10.1. The Bertz CT molecular complexity index is 309. The van der Waals surface area contributed by atoms with Gasteiger partial charge in [0.25, 0.3) is 0 Å². The minimum Gasteiger partial charge on any atom is -0.378 e. The van der Waals surface area contributed by atoms with Crippen molar-refractivity contribution in [2.75, 3.05) is 6.61 Å². The maximum atomic E-state index is 10.9. The Morgan fingerprint density at radius 2 is 2.00 bits per heavy atom. The number of amides is 2. The van der Waals surface area contributed by atoms with Crippen LogP contribution in [0.3, 0.4) is 0 Å². The number of carbonyl (C=O) groups excluding carboxylic acids is 2. The average molecular weight is 211 g/mol. The lowest BCUT2D eigenvalue weighted by atomic mass is 10.1. The van der Waals surface area contributed by atoms with E-state index in [1.807, 2.05) is 6.92 Å². The van der Waals surface area contributed by atoms with Gasteiger partial charge in [0.1, 0.15) is 0 Å². The maximum absolute atomic E-state index is 10.9. The Labute approximate surface area is 87.1 Å². The third-order valence-electron chi connectivity index (χ3n) is 2.44. The number of carbonyl (C=O) groups is 2. The van der Waals surface area contributed by atoms with E-state index in [0.717, 1.165) is 12.8 Å². The Hall–Kier alpha value is -1.43. The molecule has 0 aliphatic carbocycles. The lowest BCUT2D eigenvalue weighted by Gasteiger charge is -2.24. The van der Waals surface area contributed by atoms with Crippen molar-refractivity contribution >= 4 is 17.8 Å². The van der Waals surface area contributed by atoms with Gasteiger partial charge in [-0.2, -0.15) is 0 Å². The zero-order chi connectivity index (χ0) is 10.8. The third-order valence-corrected chi connectivity index (χ3v) is 2.44. The second kappa shape index (κ2) is 3.98. The Morgan fingerprint density at radius 3 is 2.60 bits per heavy atom. The van der Waals surface area contributed by atoms with Gasteiger partial charge in [0.05, 0.1) is 12.1 Å². The van der Waals surface area contributed by atoms with Gasteiger partial charge in [-0.25, -0.2) is 4.99 Å². The summed E-state index contributed by atoms with van der Waals surface area (Å²) in [5.41, 5.74) is 0. The van der Waals surface area contributed by atoms with Crippen LogP contribution in [0.25, 0.3) is 0 Å². The largest absolute Gasteiger partial charge is 0.378 e. The summed E-state index contributed by atoms with van der Waals surface area (Å²) >= 11 is 0. The van der Waals surface area contributed by atoms with Crippen molar-refractivity contribution < 1.29 is 14.3 Å². The number of aliphatic imine (C=N–C) groups is 1. The van der Waals surface area contributed by atoms with Gasteiger partial charge in [0, 0.05) is 6.61 Å². The smallest absolute Gasteiger partial charge is 0.316 e. The molecule has 2 fully saturated rings. The van der Waals surface area contributed by atoms with Crippen LogP contribution in [0.1, 0.15) is 19.8 Å². The van der Waals surface area contributed by atoms with E-state index in [4.69, 9.17) is 4.74 Å². The van der Waals surface area contributed by atoms with E-state index in [1.165, 1.54) is 0 Å². The fourth-order valence-corrected chi connectivity index (χ4v) is 1.70. The molecule has 2 amide bonds. The molecule has 0 spiro atoms. The standard InChI is InChI=1S/C9H13N3O3/c1-5-4-6(2-3-15-5)10-9-11-7(13)8(14)12-9/h5-6H,2-4H2,1H3,(H2,10,11,12,13,14). The Morgan fingerprint density at radius 1 is 1.33 bits per heavy atom. The number of rotatable bonds is 1. The summed E-state index contributed by atoms with van der Waals surface area (Å²) in [6.45, 7) is 2.66. The van der Waals surface area contributed by atoms with E-state index < -0.39 is 11.8 Å². The number of nitrogens with one attached hydrogen (secondary N) is 2. The van der Waals surface area contributed by atoms with Crippen molar-refractivity contribution in [3.8, 4) is 0 Å². The number of hydrogen-bond acceptors (Lipinski definition) is 4. The summed E-state index contributed by atoms with van der Waals surface area (Å²) in [4.78, 5) is 26.0. The summed E-state index contributed by atoms with van der Waals surface area (Å²) < 4.78 is 5.37. The molecule has 0 aromatic rings. The first-order valence-electron chi connectivity index (χ1n) is 4.97. The van der Waals surface area contributed by atoms with Gasteiger partial charge in [-0.1, -0.05) is 0 Å². The van der Waals surface area contributed by atoms with Crippen LogP contribution in [0.2, 0.25) is 0 Å². The van der Waals surface area contributed by atoms with Gasteiger partial charge in [-0.15, -0.1) is 0 Å². The minimum atomic E-state index is -0.645. The van der Waals surface area contributed by atoms with Crippen LogP contribution < -0.4 is 10.6 Å². The molecule has 82 valence electrons. The average Bonchev–Trinajstić information content (AvgIpc) is 2.45. The third kappa shape index (κ3) is 2.33. The Kier molecular flexibility index (Phi) is 2.68. The quantitative estimate of drug-likeness (QED) is 0.555. The van der Waals surface area contributed by atoms with Crippen LogP contribution in [-0.2, 0) is 14.3 Å². The summed E-state index contributed by atoms with van der Waals surface area (Å²) in [6.07, 6.45) is 1.82. The molecule has 2 atom stereocenters.